The molecule has 0 aliphatic carbocycles. The van der Waals surface area contributed by atoms with Crippen LogP contribution < -0.4 is 10.2 Å². The number of piperazine rings is 1. The summed E-state index contributed by atoms with van der Waals surface area (Å²) in [5, 5.41) is 8.86. The fraction of sp³-hybridized carbons (Fsp3) is 0.310. The predicted molar refractivity (Wildman–Crippen MR) is 146 cm³/mol. The Kier molecular flexibility index (Phi) is 6.58. The highest BCUT2D eigenvalue weighted by atomic mass is 32.1. The largest absolute Gasteiger partial charge is 0.336 e. The predicted octanol–water partition coefficient (Wildman–Crippen LogP) is 5.98. The molecule has 0 radical (unpaired) electrons. The molecule has 0 bridgehead atoms. The zero-order valence-corrected chi connectivity index (χ0v) is 21.4. The molecule has 180 valence electrons. The monoisotopic (exact) mass is 484 g/mol. The summed E-state index contributed by atoms with van der Waals surface area (Å²) in [4.78, 5) is 22.2. The minimum Gasteiger partial charge on any atom is -0.336 e. The van der Waals surface area contributed by atoms with Gasteiger partial charge in [-0.2, -0.15) is 0 Å². The molecule has 1 amide bonds. The highest BCUT2D eigenvalue weighted by Crippen LogP contribution is 2.37. The number of anilines is 2. The molecule has 1 aromatic heterocycles. The number of benzene rings is 3. The molecule has 0 atom stereocenters. The fourth-order valence-electron chi connectivity index (χ4n) is 4.42. The van der Waals surface area contributed by atoms with E-state index in [0.29, 0.717) is 6.54 Å². The minimum absolute atomic E-state index is 0.00877. The molecule has 2 heterocycles. The van der Waals surface area contributed by atoms with Crippen molar-refractivity contribution in [1.82, 2.24) is 15.2 Å². The Morgan fingerprint density at radius 3 is 2.43 bits per heavy atom. The molecule has 0 spiro atoms. The van der Waals surface area contributed by atoms with Gasteiger partial charge in [0.1, 0.15) is 0 Å². The van der Waals surface area contributed by atoms with Crippen molar-refractivity contribution in [3.8, 4) is 0 Å². The first kappa shape index (κ1) is 23.5. The van der Waals surface area contributed by atoms with Gasteiger partial charge in [0.25, 0.3) is 5.91 Å². The maximum Gasteiger partial charge on any atom is 0.253 e. The molecule has 0 saturated carbocycles. The number of thiazole rings is 1. The van der Waals surface area contributed by atoms with Crippen LogP contribution in [0.3, 0.4) is 0 Å². The zero-order chi connectivity index (χ0) is 24.4. The molecule has 5 nitrogen and oxygen atoms in total. The van der Waals surface area contributed by atoms with Gasteiger partial charge in [-0.3, -0.25) is 4.79 Å². The number of fused-ring (bicyclic) bond motifs is 1. The SMILES string of the molecule is CC(C)(C)c1csc(N(Cc2ccc(C(=O)N3CCNCC3)cc2)c2cccc3ccccc23)n1. The lowest BCUT2D eigenvalue weighted by Gasteiger charge is -2.27. The third-order valence-electron chi connectivity index (χ3n) is 6.49. The number of aromatic nitrogens is 1. The van der Waals surface area contributed by atoms with Crippen molar-refractivity contribution < 1.29 is 4.79 Å². The minimum atomic E-state index is -0.00877. The van der Waals surface area contributed by atoms with Gasteiger partial charge in [0.15, 0.2) is 5.13 Å². The first-order chi connectivity index (χ1) is 16.9. The molecule has 1 N–H and O–H groups in total. The van der Waals surface area contributed by atoms with Crippen LogP contribution in [0.4, 0.5) is 10.8 Å². The molecule has 5 rings (SSSR count). The van der Waals surface area contributed by atoms with E-state index >= 15 is 0 Å². The summed E-state index contributed by atoms with van der Waals surface area (Å²) >= 11 is 1.68. The number of carbonyl (C=O) groups excluding carboxylic acids is 1. The van der Waals surface area contributed by atoms with Crippen molar-refractivity contribution in [1.29, 1.82) is 0 Å². The van der Waals surface area contributed by atoms with Gasteiger partial charge in [0, 0.05) is 47.9 Å². The molecule has 1 aliphatic heterocycles. The van der Waals surface area contributed by atoms with Crippen LogP contribution >= 0.6 is 11.3 Å². The maximum atomic E-state index is 12.9. The summed E-state index contributed by atoms with van der Waals surface area (Å²) in [6, 6.07) is 23.0. The van der Waals surface area contributed by atoms with Gasteiger partial charge in [-0.15, -0.1) is 11.3 Å². The van der Waals surface area contributed by atoms with Crippen LogP contribution in [0.15, 0.2) is 72.1 Å². The van der Waals surface area contributed by atoms with Gasteiger partial charge in [0.2, 0.25) is 0 Å². The first-order valence-electron chi connectivity index (χ1n) is 12.2. The van der Waals surface area contributed by atoms with Gasteiger partial charge in [0.05, 0.1) is 17.9 Å². The van der Waals surface area contributed by atoms with Crippen molar-refractivity contribution >= 4 is 38.8 Å². The van der Waals surface area contributed by atoms with Gasteiger partial charge < -0.3 is 15.1 Å². The Hall–Kier alpha value is -3.22. The number of rotatable bonds is 5. The molecule has 6 heteroatoms. The Morgan fingerprint density at radius 1 is 1.00 bits per heavy atom. The van der Waals surface area contributed by atoms with Gasteiger partial charge in [-0.05, 0) is 29.1 Å². The van der Waals surface area contributed by atoms with E-state index in [0.717, 1.165) is 53.8 Å². The second-order valence-corrected chi connectivity index (χ2v) is 10.9. The normalized spacial score (nSPS) is 14.3. The average molecular weight is 485 g/mol. The van der Waals surface area contributed by atoms with Crippen LogP contribution in [0, 0.1) is 0 Å². The van der Waals surface area contributed by atoms with Crippen LogP contribution in [0.1, 0.15) is 42.4 Å². The molecular weight excluding hydrogens is 452 g/mol. The van der Waals surface area contributed by atoms with E-state index in [2.05, 4.69) is 91.0 Å². The van der Waals surface area contributed by atoms with E-state index in [1.807, 2.05) is 17.0 Å². The maximum absolute atomic E-state index is 12.9. The smallest absolute Gasteiger partial charge is 0.253 e. The second-order valence-electron chi connectivity index (χ2n) is 10.1. The molecule has 3 aromatic carbocycles. The standard InChI is InChI=1S/C29H32N4OS/c1-29(2,3)26-20-35-28(31-26)33(25-10-6-8-22-7-4-5-9-24(22)25)19-21-11-13-23(14-12-21)27(34)32-17-15-30-16-18-32/h4-14,20,30H,15-19H2,1-3H3. The van der Waals surface area contributed by atoms with Crippen molar-refractivity contribution in [3.63, 3.8) is 0 Å². The van der Waals surface area contributed by atoms with Crippen LogP contribution in [0.25, 0.3) is 10.8 Å². The lowest BCUT2D eigenvalue weighted by molar-refractivity contribution is 0.0736. The molecular formula is C29H32N4OS. The van der Waals surface area contributed by atoms with Gasteiger partial charge in [-0.25, -0.2) is 4.98 Å². The van der Waals surface area contributed by atoms with E-state index in [9.17, 15) is 4.79 Å². The number of hydrogen-bond donors (Lipinski definition) is 1. The van der Waals surface area contributed by atoms with E-state index in [4.69, 9.17) is 4.98 Å². The van der Waals surface area contributed by atoms with Crippen LogP contribution in [-0.4, -0.2) is 42.0 Å². The third-order valence-corrected chi connectivity index (χ3v) is 7.36. The van der Waals surface area contributed by atoms with Crippen LogP contribution in [0.5, 0.6) is 0 Å². The van der Waals surface area contributed by atoms with Crippen LogP contribution in [0.2, 0.25) is 0 Å². The van der Waals surface area contributed by atoms with Crippen molar-refractivity contribution in [2.45, 2.75) is 32.7 Å². The van der Waals surface area contributed by atoms with E-state index in [-0.39, 0.29) is 11.3 Å². The molecule has 1 aliphatic rings. The number of carbonyl (C=O) groups is 1. The quantitative estimate of drug-likeness (QED) is 0.379. The lowest BCUT2D eigenvalue weighted by atomic mass is 9.93. The Bertz CT molecular complexity index is 1310. The van der Waals surface area contributed by atoms with E-state index in [1.54, 1.807) is 11.3 Å². The van der Waals surface area contributed by atoms with E-state index in [1.165, 1.54) is 10.8 Å². The molecule has 0 unspecified atom stereocenters. The summed E-state index contributed by atoms with van der Waals surface area (Å²) in [5.74, 6) is 0.110. The van der Waals surface area contributed by atoms with Gasteiger partial charge >= 0.3 is 0 Å². The van der Waals surface area contributed by atoms with Crippen molar-refractivity contribution in [3.05, 3.63) is 88.9 Å². The number of nitrogens with zero attached hydrogens (tertiary/aromatic N) is 3. The first-order valence-corrected chi connectivity index (χ1v) is 13.1. The molecule has 1 fully saturated rings. The number of nitrogens with one attached hydrogen (secondary N) is 1. The Morgan fingerprint density at radius 2 is 1.71 bits per heavy atom. The highest BCUT2D eigenvalue weighted by Gasteiger charge is 2.22. The summed E-state index contributed by atoms with van der Waals surface area (Å²) in [6.45, 7) is 10.5. The molecule has 4 aromatic rings. The van der Waals surface area contributed by atoms with Gasteiger partial charge in [-0.1, -0.05) is 69.3 Å². The number of amides is 1. The Balaban J connectivity index is 1.48. The summed E-state index contributed by atoms with van der Waals surface area (Å²) < 4.78 is 0. The lowest BCUT2D eigenvalue weighted by Crippen LogP contribution is -2.46. The van der Waals surface area contributed by atoms with Crippen molar-refractivity contribution in [2.75, 3.05) is 31.1 Å². The Labute approximate surface area is 211 Å². The van der Waals surface area contributed by atoms with Crippen LogP contribution in [-0.2, 0) is 12.0 Å². The van der Waals surface area contributed by atoms with E-state index < -0.39 is 0 Å². The summed E-state index contributed by atoms with van der Waals surface area (Å²) in [6.07, 6.45) is 0. The second kappa shape index (κ2) is 9.80. The van der Waals surface area contributed by atoms with Crippen molar-refractivity contribution in [2.24, 2.45) is 0 Å². The highest BCUT2D eigenvalue weighted by molar-refractivity contribution is 7.13. The number of hydrogen-bond acceptors (Lipinski definition) is 5. The summed E-state index contributed by atoms with van der Waals surface area (Å²) in [7, 11) is 0. The fourth-order valence-corrected chi connectivity index (χ4v) is 5.48. The molecule has 1 saturated heterocycles. The zero-order valence-electron chi connectivity index (χ0n) is 20.6. The summed E-state index contributed by atoms with van der Waals surface area (Å²) in [5.41, 5.74) is 4.11. The average Bonchev–Trinajstić information content (AvgIpc) is 3.38. The molecule has 35 heavy (non-hydrogen) atoms. The topological polar surface area (TPSA) is 48.5 Å². The third kappa shape index (κ3) is 5.09.